The first-order valence-corrected chi connectivity index (χ1v) is 14.7. The molecule has 200 valence electrons. The second-order valence-electron chi connectivity index (χ2n) is 12.0. The maximum absolute atomic E-state index is 11.3. The summed E-state index contributed by atoms with van der Waals surface area (Å²) in [5.74, 6) is -0.551. The third kappa shape index (κ3) is 5.47. The molecule has 0 radical (unpaired) electrons. The number of phenolic OH excluding ortho intramolecular Hbond substituents is 1. The van der Waals surface area contributed by atoms with Gasteiger partial charge in [0.2, 0.25) is 11.6 Å². The number of hydrogen-bond donors (Lipinski definition) is 1. The van der Waals surface area contributed by atoms with Gasteiger partial charge in [0.1, 0.15) is 5.75 Å². The summed E-state index contributed by atoms with van der Waals surface area (Å²) < 4.78 is 0. The fourth-order valence-electron chi connectivity index (χ4n) is 6.95. The molecule has 2 spiro atoms. The Bertz CT molecular complexity index is 870. The van der Waals surface area contributed by atoms with Crippen LogP contribution in [0.3, 0.4) is 0 Å². The van der Waals surface area contributed by atoms with E-state index in [1.165, 1.54) is 44.1 Å². The molecule has 36 heavy (non-hydrogen) atoms. The van der Waals surface area contributed by atoms with E-state index in [0.29, 0.717) is 11.7 Å². The molecular formula is C29H44N2O5. The maximum Gasteiger partial charge on any atom is 0.234 e. The van der Waals surface area contributed by atoms with Crippen molar-refractivity contribution in [1.82, 2.24) is 9.80 Å². The van der Waals surface area contributed by atoms with Crippen LogP contribution in [0.5, 0.6) is 5.75 Å². The number of aromatic hydroxyl groups is 1. The van der Waals surface area contributed by atoms with Gasteiger partial charge in [-0.3, -0.25) is 9.80 Å². The summed E-state index contributed by atoms with van der Waals surface area (Å²) in [6.45, 7) is 6.22. The highest BCUT2D eigenvalue weighted by Gasteiger charge is 2.50. The Labute approximate surface area is 215 Å². The Balaban J connectivity index is 1.15. The van der Waals surface area contributed by atoms with Crippen molar-refractivity contribution in [2.45, 2.75) is 120 Å². The van der Waals surface area contributed by atoms with Gasteiger partial charge in [-0.25, -0.2) is 0 Å². The highest BCUT2D eigenvalue weighted by atomic mass is 17.4. The average molecular weight is 501 g/mol. The molecule has 2 aliphatic carbocycles. The molecular weight excluding hydrogens is 456 g/mol. The number of likely N-dealkylation sites (tertiary alicyclic amines) is 2. The van der Waals surface area contributed by atoms with E-state index in [1.807, 2.05) is 0 Å². The minimum atomic E-state index is -0.787. The molecule has 0 unspecified atom stereocenters. The van der Waals surface area contributed by atoms with Gasteiger partial charge in [-0.2, -0.15) is 19.6 Å². The van der Waals surface area contributed by atoms with Crippen molar-refractivity contribution in [2.24, 2.45) is 0 Å². The molecule has 1 aromatic carbocycles. The van der Waals surface area contributed by atoms with Crippen molar-refractivity contribution in [2.75, 3.05) is 26.2 Å². The van der Waals surface area contributed by atoms with Crippen LogP contribution in [0.25, 0.3) is 0 Å². The van der Waals surface area contributed by atoms with Crippen LogP contribution in [-0.4, -0.2) is 52.7 Å². The molecule has 1 N–H and O–H groups in total. The zero-order chi connectivity index (χ0) is 24.4. The van der Waals surface area contributed by atoms with E-state index in [2.05, 4.69) is 21.9 Å². The van der Waals surface area contributed by atoms with Crippen molar-refractivity contribution in [3.8, 4) is 5.75 Å². The monoisotopic (exact) mass is 500 g/mol. The van der Waals surface area contributed by atoms with E-state index in [9.17, 15) is 5.11 Å². The highest BCUT2D eigenvalue weighted by Crippen LogP contribution is 2.47. The molecule has 1 aromatic rings. The molecule has 0 amide bonds. The van der Waals surface area contributed by atoms with E-state index < -0.39 is 11.6 Å². The van der Waals surface area contributed by atoms with Crippen LogP contribution in [0.2, 0.25) is 0 Å². The Hall–Kier alpha value is -1.22. The van der Waals surface area contributed by atoms with Crippen LogP contribution in [0.4, 0.5) is 0 Å². The second-order valence-corrected chi connectivity index (χ2v) is 12.0. The number of rotatable bonds is 5. The van der Waals surface area contributed by atoms with E-state index in [-0.39, 0.29) is 0 Å². The van der Waals surface area contributed by atoms with Gasteiger partial charge < -0.3 is 5.11 Å². The van der Waals surface area contributed by atoms with Crippen LogP contribution in [0.1, 0.15) is 112 Å². The van der Waals surface area contributed by atoms with E-state index in [0.717, 1.165) is 102 Å². The third-order valence-electron chi connectivity index (χ3n) is 9.25. The quantitative estimate of drug-likeness (QED) is 0.505. The van der Waals surface area contributed by atoms with Gasteiger partial charge in [0, 0.05) is 49.9 Å². The lowest BCUT2D eigenvalue weighted by molar-refractivity contribution is -0.662. The summed E-state index contributed by atoms with van der Waals surface area (Å²) in [5.41, 5.74) is 3.54. The lowest BCUT2D eigenvalue weighted by Gasteiger charge is -2.46. The Kier molecular flexibility index (Phi) is 7.57. The van der Waals surface area contributed by atoms with Crippen LogP contribution in [0, 0.1) is 0 Å². The summed E-state index contributed by atoms with van der Waals surface area (Å²) in [6, 6.07) is 4.56. The van der Waals surface area contributed by atoms with Gasteiger partial charge in [0.05, 0.1) is 0 Å². The van der Waals surface area contributed by atoms with E-state index in [1.54, 1.807) is 0 Å². The van der Waals surface area contributed by atoms with Crippen molar-refractivity contribution in [1.29, 1.82) is 0 Å². The standard InChI is InChI=1S/C29H44N2O5/c32-27-25(21-30-15-5-2-6-16-30)19-24(20-26(27)22-31-17-7-8-18-31)23-9-13-29(14-10-23)35-33-28(34-36-29)11-3-1-4-12-28/h19-20,23,32H,1-18,21-22H2. The maximum atomic E-state index is 11.3. The molecule has 3 heterocycles. The van der Waals surface area contributed by atoms with Gasteiger partial charge in [-0.05, 0) is 89.0 Å². The number of hydrogen-bond acceptors (Lipinski definition) is 7. The summed E-state index contributed by atoms with van der Waals surface area (Å²) in [5, 5.41) is 11.3. The summed E-state index contributed by atoms with van der Waals surface area (Å²) >= 11 is 0. The average Bonchev–Trinajstić information content (AvgIpc) is 3.43. The smallest absolute Gasteiger partial charge is 0.234 e. The molecule has 3 aliphatic heterocycles. The van der Waals surface area contributed by atoms with Gasteiger partial charge in [-0.1, -0.05) is 25.0 Å². The first-order chi connectivity index (χ1) is 17.6. The molecule has 5 fully saturated rings. The number of phenols is 1. The number of piperidine rings is 1. The van der Waals surface area contributed by atoms with Crippen molar-refractivity contribution in [3.63, 3.8) is 0 Å². The van der Waals surface area contributed by atoms with Gasteiger partial charge in [-0.15, -0.1) is 0 Å². The van der Waals surface area contributed by atoms with Crippen molar-refractivity contribution in [3.05, 3.63) is 28.8 Å². The highest BCUT2D eigenvalue weighted by molar-refractivity contribution is 5.45. The number of nitrogens with zero attached hydrogens (tertiary/aromatic N) is 2. The van der Waals surface area contributed by atoms with Gasteiger partial charge in [0.25, 0.3) is 0 Å². The first-order valence-electron chi connectivity index (χ1n) is 14.7. The Morgan fingerprint density at radius 1 is 0.639 bits per heavy atom. The molecule has 7 heteroatoms. The van der Waals surface area contributed by atoms with Crippen LogP contribution in [-0.2, 0) is 32.6 Å². The predicted octanol–water partition coefficient (Wildman–Crippen LogP) is 5.90. The van der Waals surface area contributed by atoms with E-state index >= 15 is 0 Å². The van der Waals surface area contributed by atoms with E-state index in [4.69, 9.17) is 19.6 Å². The van der Waals surface area contributed by atoms with Gasteiger partial charge >= 0.3 is 0 Å². The normalized spacial score (nSPS) is 27.7. The molecule has 7 nitrogen and oxygen atoms in total. The molecule has 0 atom stereocenters. The Morgan fingerprint density at radius 2 is 1.08 bits per heavy atom. The minimum absolute atomic E-state index is 0.423. The summed E-state index contributed by atoms with van der Waals surface area (Å²) in [7, 11) is 0. The molecule has 0 aromatic heterocycles. The van der Waals surface area contributed by atoms with Gasteiger partial charge in [0.15, 0.2) is 0 Å². The summed E-state index contributed by atoms with van der Waals surface area (Å²) in [4.78, 5) is 28.6. The molecule has 2 saturated carbocycles. The molecule has 3 saturated heterocycles. The van der Waals surface area contributed by atoms with Crippen LogP contribution < -0.4 is 0 Å². The number of benzene rings is 1. The second kappa shape index (κ2) is 10.9. The fourth-order valence-corrected chi connectivity index (χ4v) is 6.95. The lowest BCUT2D eigenvalue weighted by Crippen LogP contribution is -2.52. The topological polar surface area (TPSA) is 63.6 Å². The zero-order valence-electron chi connectivity index (χ0n) is 21.8. The van der Waals surface area contributed by atoms with Crippen LogP contribution >= 0.6 is 0 Å². The zero-order valence-corrected chi connectivity index (χ0v) is 21.8. The summed E-state index contributed by atoms with van der Waals surface area (Å²) in [6.07, 6.45) is 14.8. The third-order valence-corrected chi connectivity index (χ3v) is 9.25. The fraction of sp³-hybridized carbons (Fsp3) is 0.793. The molecule has 0 bridgehead atoms. The largest absolute Gasteiger partial charge is 0.507 e. The Morgan fingerprint density at radius 3 is 1.61 bits per heavy atom. The van der Waals surface area contributed by atoms with Crippen molar-refractivity contribution < 1.29 is 24.7 Å². The first kappa shape index (κ1) is 25.1. The van der Waals surface area contributed by atoms with Crippen LogP contribution in [0.15, 0.2) is 12.1 Å². The minimum Gasteiger partial charge on any atom is -0.507 e. The van der Waals surface area contributed by atoms with Crippen molar-refractivity contribution >= 4 is 0 Å². The SMILES string of the molecule is Oc1c(CN2CCCCC2)cc(C2CCC3(CC2)OOC2(CCCCC2)OO3)cc1CN1CCCC1. The lowest BCUT2D eigenvalue weighted by atomic mass is 9.80. The predicted molar refractivity (Wildman–Crippen MR) is 136 cm³/mol. The molecule has 6 rings (SSSR count). The molecule has 5 aliphatic rings.